The van der Waals surface area contributed by atoms with E-state index < -0.39 is 17.7 Å². The van der Waals surface area contributed by atoms with E-state index in [1.165, 1.54) is 0 Å². The maximum atomic E-state index is 13.1. The zero-order valence-corrected chi connectivity index (χ0v) is 18.7. The molecule has 1 fully saturated rings. The Morgan fingerprint density at radius 1 is 1.25 bits per heavy atom. The van der Waals surface area contributed by atoms with Gasteiger partial charge >= 0.3 is 0 Å². The normalized spacial score (nSPS) is 21.8. The van der Waals surface area contributed by atoms with Crippen LogP contribution in [0, 0.1) is 0 Å². The molecule has 0 saturated carbocycles. The number of aliphatic hydroxyl groups is 1. The number of hydrogen-bond acceptors (Lipinski definition) is 6. The maximum absolute atomic E-state index is 13.1. The molecule has 2 aliphatic rings. The number of benzene rings is 1. The van der Waals surface area contributed by atoms with E-state index in [1.807, 2.05) is 25.1 Å². The fourth-order valence-electron chi connectivity index (χ4n) is 4.51. The lowest BCUT2D eigenvalue weighted by atomic mass is 9.95. The van der Waals surface area contributed by atoms with Crippen LogP contribution >= 0.6 is 0 Å². The largest absolute Gasteiger partial charge is 0.507 e. The summed E-state index contributed by atoms with van der Waals surface area (Å²) in [7, 11) is 0. The molecule has 1 N–H and O–H groups in total. The first-order valence-electron chi connectivity index (χ1n) is 11.1. The molecule has 1 aromatic heterocycles. The highest BCUT2D eigenvalue weighted by atomic mass is 16.5. The molecular weight excluding hydrogens is 406 g/mol. The lowest BCUT2D eigenvalue weighted by Crippen LogP contribution is -2.38. The topological polar surface area (TPSA) is 83.0 Å². The number of fused-ring (bicyclic) bond motifs is 1. The van der Waals surface area contributed by atoms with Crippen LogP contribution in [0.4, 0.5) is 0 Å². The third kappa shape index (κ3) is 4.00. The Hall–Kier alpha value is -3.19. The average molecular weight is 436 g/mol. The van der Waals surface area contributed by atoms with Gasteiger partial charge in [0.1, 0.15) is 17.6 Å². The molecule has 4 rings (SSSR count). The number of carbonyl (C=O) groups is 2. The van der Waals surface area contributed by atoms with Crippen LogP contribution in [-0.2, 0) is 16.0 Å². The van der Waals surface area contributed by atoms with Crippen molar-refractivity contribution in [2.24, 2.45) is 0 Å². The number of aromatic nitrogens is 1. The smallest absolute Gasteiger partial charge is 0.295 e. The van der Waals surface area contributed by atoms with Crippen molar-refractivity contribution in [2.75, 3.05) is 26.2 Å². The van der Waals surface area contributed by atoms with Crippen molar-refractivity contribution in [2.45, 2.75) is 39.3 Å². The molecule has 1 aromatic carbocycles. The van der Waals surface area contributed by atoms with Crippen molar-refractivity contribution in [3.8, 4) is 5.75 Å². The van der Waals surface area contributed by atoms with Gasteiger partial charge in [-0.05, 0) is 55.4 Å². The SMILES string of the molecule is CCN(CC)CCN1C(=O)C(=O)C(=C(O)c2ccc3c(c2)CC(C)O3)C1c1cccnc1. The lowest BCUT2D eigenvalue weighted by Gasteiger charge is -2.28. The van der Waals surface area contributed by atoms with E-state index in [0.29, 0.717) is 24.2 Å². The van der Waals surface area contributed by atoms with Crippen molar-refractivity contribution in [3.05, 3.63) is 65.0 Å². The number of hydrogen-bond donors (Lipinski definition) is 1. The molecule has 7 nitrogen and oxygen atoms in total. The number of ketones is 1. The Kier molecular flexibility index (Phi) is 6.28. The van der Waals surface area contributed by atoms with E-state index in [1.54, 1.807) is 29.4 Å². The fraction of sp³-hybridized carbons (Fsp3) is 0.400. The zero-order valence-electron chi connectivity index (χ0n) is 18.7. The van der Waals surface area contributed by atoms with Gasteiger partial charge in [0.25, 0.3) is 11.7 Å². The highest BCUT2D eigenvalue weighted by molar-refractivity contribution is 6.46. The van der Waals surface area contributed by atoms with Crippen LogP contribution in [0.15, 0.2) is 48.3 Å². The minimum atomic E-state index is -0.678. The molecule has 0 radical (unpaired) electrons. The second kappa shape index (κ2) is 9.12. The van der Waals surface area contributed by atoms with E-state index in [2.05, 4.69) is 23.7 Å². The van der Waals surface area contributed by atoms with Crippen LogP contribution in [0.1, 0.15) is 43.5 Å². The molecule has 168 valence electrons. The summed E-state index contributed by atoms with van der Waals surface area (Å²) in [4.78, 5) is 34.1. The number of Topliss-reactive ketones (excluding diaryl/α,β-unsaturated/α-hetero) is 1. The number of likely N-dealkylation sites (N-methyl/N-ethyl adjacent to an activating group) is 1. The third-order valence-corrected chi connectivity index (χ3v) is 6.26. The molecule has 2 atom stereocenters. The second-order valence-corrected chi connectivity index (χ2v) is 8.26. The Morgan fingerprint density at radius 2 is 2.03 bits per heavy atom. The van der Waals surface area contributed by atoms with E-state index in [9.17, 15) is 14.7 Å². The maximum Gasteiger partial charge on any atom is 0.295 e. The first-order valence-corrected chi connectivity index (χ1v) is 11.1. The summed E-state index contributed by atoms with van der Waals surface area (Å²) < 4.78 is 5.75. The monoisotopic (exact) mass is 435 g/mol. The quantitative estimate of drug-likeness (QED) is 0.409. The fourth-order valence-corrected chi connectivity index (χ4v) is 4.51. The van der Waals surface area contributed by atoms with Crippen molar-refractivity contribution in [1.29, 1.82) is 0 Å². The Morgan fingerprint density at radius 3 is 2.72 bits per heavy atom. The summed E-state index contributed by atoms with van der Waals surface area (Å²) in [5, 5.41) is 11.2. The van der Waals surface area contributed by atoms with Gasteiger partial charge in [-0.1, -0.05) is 19.9 Å². The zero-order chi connectivity index (χ0) is 22.8. The number of likely N-dealkylation sites (tertiary alicyclic amines) is 1. The summed E-state index contributed by atoms with van der Waals surface area (Å²) >= 11 is 0. The summed E-state index contributed by atoms with van der Waals surface area (Å²) in [5.74, 6) is -0.630. The molecule has 2 aliphatic heterocycles. The second-order valence-electron chi connectivity index (χ2n) is 8.26. The summed E-state index contributed by atoms with van der Waals surface area (Å²) in [6.07, 6.45) is 4.10. The van der Waals surface area contributed by atoms with Crippen molar-refractivity contribution >= 4 is 17.4 Å². The standard InChI is InChI=1S/C25H29N3O4/c1-4-27(5-2)11-12-28-22(18-7-6-10-26-15-18)21(24(30)25(28)31)23(29)17-8-9-20-19(14-17)13-16(3)32-20/h6-10,14-16,22,29H,4-5,11-13H2,1-3H3. The number of ether oxygens (including phenoxy) is 1. The molecule has 1 saturated heterocycles. The lowest BCUT2D eigenvalue weighted by molar-refractivity contribution is -0.140. The van der Waals surface area contributed by atoms with Crippen molar-refractivity contribution in [1.82, 2.24) is 14.8 Å². The highest BCUT2D eigenvalue weighted by Crippen LogP contribution is 2.40. The van der Waals surface area contributed by atoms with Gasteiger partial charge in [0.2, 0.25) is 0 Å². The van der Waals surface area contributed by atoms with Crippen LogP contribution in [0.2, 0.25) is 0 Å². The molecule has 7 heteroatoms. The predicted molar refractivity (Wildman–Crippen MR) is 121 cm³/mol. The van der Waals surface area contributed by atoms with E-state index >= 15 is 0 Å². The van der Waals surface area contributed by atoms with Gasteiger partial charge in [-0.3, -0.25) is 14.6 Å². The van der Waals surface area contributed by atoms with Gasteiger partial charge in [-0.25, -0.2) is 0 Å². The first kappa shape index (κ1) is 22.0. The van der Waals surface area contributed by atoms with E-state index in [4.69, 9.17) is 4.74 Å². The molecule has 0 spiro atoms. The average Bonchev–Trinajstić information content (AvgIpc) is 3.30. The van der Waals surface area contributed by atoms with Gasteiger partial charge < -0.3 is 19.6 Å². The van der Waals surface area contributed by atoms with Gasteiger partial charge in [0.15, 0.2) is 0 Å². The van der Waals surface area contributed by atoms with Crippen LogP contribution in [0.5, 0.6) is 5.75 Å². The minimum absolute atomic E-state index is 0.0726. The van der Waals surface area contributed by atoms with E-state index in [-0.39, 0.29) is 17.4 Å². The molecule has 1 amide bonds. The number of carbonyl (C=O) groups excluding carboxylic acids is 2. The number of aliphatic hydroxyl groups excluding tert-OH is 1. The number of pyridine rings is 1. The van der Waals surface area contributed by atoms with Crippen molar-refractivity contribution < 1.29 is 19.4 Å². The summed E-state index contributed by atoms with van der Waals surface area (Å²) in [6.45, 7) is 8.86. The molecule has 2 aromatic rings. The van der Waals surface area contributed by atoms with Gasteiger partial charge in [0, 0.05) is 37.5 Å². The van der Waals surface area contributed by atoms with Gasteiger partial charge in [0.05, 0.1) is 11.6 Å². The molecule has 0 bridgehead atoms. The Labute approximate surface area is 188 Å². The van der Waals surface area contributed by atoms with Gasteiger partial charge in [-0.15, -0.1) is 0 Å². The molecule has 3 heterocycles. The predicted octanol–water partition coefficient (Wildman–Crippen LogP) is 3.17. The summed E-state index contributed by atoms with van der Waals surface area (Å²) in [5.41, 5.74) is 2.30. The number of rotatable bonds is 7. The summed E-state index contributed by atoms with van der Waals surface area (Å²) in [6, 6.07) is 8.31. The third-order valence-electron chi connectivity index (χ3n) is 6.26. The van der Waals surface area contributed by atoms with Crippen LogP contribution in [-0.4, -0.2) is 63.9 Å². The molecule has 2 unspecified atom stereocenters. The number of amides is 1. The Balaban J connectivity index is 1.76. The van der Waals surface area contributed by atoms with Crippen LogP contribution in [0.25, 0.3) is 5.76 Å². The van der Waals surface area contributed by atoms with Crippen LogP contribution in [0.3, 0.4) is 0 Å². The molecule has 0 aliphatic carbocycles. The number of nitrogens with zero attached hydrogens (tertiary/aromatic N) is 3. The highest BCUT2D eigenvalue weighted by Gasteiger charge is 2.46. The van der Waals surface area contributed by atoms with Gasteiger partial charge in [-0.2, -0.15) is 0 Å². The van der Waals surface area contributed by atoms with Crippen molar-refractivity contribution in [3.63, 3.8) is 0 Å². The molecule has 32 heavy (non-hydrogen) atoms. The van der Waals surface area contributed by atoms with Crippen LogP contribution < -0.4 is 4.74 Å². The Bertz CT molecular complexity index is 1050. The minimum Gasteiger partial charge on any atom is -0.507 e. The molecular formula is C25H29N3O4. The first-order chi connectivity index (χ1) is 15.4. The van der Waals surface area contributed by atoms with E-state index in [0.717, 1.165) is 30.8 Å².